The Hall–Kier alpha value is -2.28. The van der Waals surface area contributed by atoms with Gasteiger partial charge in [0.1, 0.15) is 12.7 Å². The van der Waals surface area contributed by atoms with Gasteiger partial charge in [-0.2, -0.15) is 5.10 Å². The number of hydrogen-bond donors (Lipinski definition) is 2. The average Bonchev–Trinajstić information content (AvgIpc) is 3.06. The summed E-state index contributed by atoms with van der Waals surface area (Å²) in [5.74, 6) is 0.414. The van der Waals surface area contributed by atoms with E-state index in [0.717, 1.165) is 6.42 Å². The Bertz CT molecular complexity index is 585. The standard InChI is InChI=1S/C14H19N5O2/c1-3-10(2)12(20)7-17-14(21)11-4-5-16-13(6-11)19-9-15-8-18-19/h4-6,8-10,12,20H,3,7H2,1-2H3,(H,17,21). The predicted molar refractivity (Wildman–Crippen MR) is 76.9 cm³/mol. The first kappa shape index (κ1) is 15.1. The molecule has 21 heavy (non-hydrogen) atoms. The highest BCUT2D eigenvalue weighted by Gasteiger charge is 2.14. The highest BCUT2D eigenvalue weighted by Crippen LogP contribution is 2.08. The fraction of sp³-hybridized carbons (Fsp3) is 0.429. The van der Waals surface area contributed by atoms with Crippen LogP contribution in [0.15, 0.2) is 31.0 Å². The van der Waals surface area contributed by atoms with Crippen LogP contribution in [0, 0.1) is 5.92 Å². The van der Waals surface area contributed by atoms with Crippen molar-refractivity contribution in [3.63, 3.8) is 0 Å². The number of nitrogens with zero attached hydrogens (tertiary/aromatic N) is 4. The number of pyridine rings is 1. The maximum Gasteiger partial charge on any atom is 0.251 e. The summed E-state index contributed by atoms with van der Waals surface area (Å²) < 4.78 is 1.48. The number of amides is 1. The van der Waals surface area contributed by atoms with E-state index in [1.165, 1.54) is 23.5 Å². The molecule has 0 saturated carbocycles. The molecule has 1 amide bonds. The lowest BCUT2D eigenvalue weighted by molar-refractivity contribution is 0.0850. The second-order valence-corrected chi connectivity index (χ2v) is 4.91. The summed E-state index contributed by atoms with van der Waals surface area (Å²) in [5, 5.41) is 16.6. The summed E-state index contributed by atoms with van der Waals surface area (Å²) in [6.07, 6.45) is 4.77. The van der Waals surface area contributed by atoms with Gasteiger partial charge in [-0.3, -0.25) is 4.79 Å². The van der Waals surface area contributed by atoms with Gasteiger partial charge >= 0.3 is 0 Å². The molecule has 0 aliphatic heterocycles. The van der Waals surface area contributed by atoms with Crippen molar-refractivity contribution in [3.05, 3.63) is 36.5 Å². The lowest BCUT2D eigenvalue weighted by Crippen LogP contribution is -2.35. The minimum atomic E-state index is -0.546. The van der Waals surface area contributed by atoms with Crippen molar-refractivity contribution >= 4 is 5.91 Å². The molecule has 7 nitrogen and oxygen atoms in total. The average molecular weight is 289 g/mol. The van der Waals surface area contributed by atoms with Crippen molar-refractivity contribution in [3.8, 4) is 5.82 Å². The van der Waals surface area contributed by atoms with Gasteiger partial charge in [-0.15, -0.1) is 0 Å². The van der Waals surface area contributed by atoms with Crippen LogP contribution in [0.2, 0.25) is 0 Å². The van der Waals surface area contributed by atoms with Crippen LogP contribution < -0.4 is 5.32 Å². The number of carbonyl (C=O) groups is 1. The molecule has 0 bridgehead atoms. The number of hydrogen-bond acceptors (Lipinski definition) is 5. The number of nitrogens with one attached hydrogen (secondary N) is 1. The summed E-state index contributed by atoms with van der Waals surface area (Å²) >= 11 is 0. The SMILES string of the molecule is CCC(C)C(O)CNC(=O)c1ccnc(-n2cncn2)c1. The molecule has 2 heterocycles. The highest BCUT2D eigenvalue weighted by molar-refractivity contribution is 5.94. The van der Waals surface area contributed by atoms with E-state index in [0.29, 0.717) is 11.4 Å². The third kappa shape index (κ3) is 3.85. The Morgan fingerprint density at radius 1 is 1.52 bits per heavy atom. The van der Waals surface area contributed by atoms with E-state index < -0.39 is 6.10 Å². The van der Waals surface area contributed by atoms with E-state index in [-0.39, 0.29) is 18.4 Å². The lowest BCUT2D eigenvalue weighted by atomic mass is 10.0. The maximum absolute atomic E-state index is 12.1. The van der Waals surface area contributed by atoms with Gasteiger partial charge in [0.15, 0.2) is 5.82 Å². The molecular formula is C14H19N5O2. The molecule has 2 atom stereocenters. The predicted octanol–water partition coefficient (Wildman–Crippen LogP) is 0.799. The van der Waals surface area contributed by atoms with Gasteiger partial charge in [-0.25, -0.2) is 14.6 Å². The van der Waals surface area contributed by atoms with Crippen molar-refractivity contribution in [2.45, 2.75) is 26.4 Å². The van der Waals surface area contributed by atoms with Crippen LogP contribution in [-0.2, 0) is 0 Å². The zero-order chi connectivity index (χ0) is 15.2. The van der Waals surface area contributed by atoms with Crippen LogP contribution in [0.4, 0.5) is 0 Å². The Kier molecular flexibility index (Phi) is 4.99. The van der Waals surface area contributed by atoms with Crippen molar-refractivity contribution in [1.29, 1.82) is 0 Å². The maximum atomic E-state index is 12.1. The van der Waals surface area contributed by atoms with Gasteiger partial charge in [0.05, 0.1) is 6.10 Å². The van der Waals surface area contributed by atoms with E-state index in [1.807, 2.05) is 13.8 Å². The van der Waals surface area contributed by atoms with Crippen LogP contribution in [0.5, 0.6) is 0 Å². The van der Waals surface area contributed by atoms with E-state index in [4.69, 9.17) is 0 Å². The van der Waals surface area contributed by atoms with Crippen molar-refractivity contribution in [2.75, 3.05) is 6.54 Å². The van der Waals surface area contributed by atoms with Crippen LogP contribution in [0.25, 0.3) is 5.82 Å². The van der Waals surface area contributed by atoms with Crippen molar-refractivity contribution < 1.29 is 9.90 Å². The molecule has 0 spiro atoms. The third-order valence-corrected chi connectivity index (χ3v) is 3.43. The first-order valence-electron chi connectivity index (χ1n) is 6.89. The Morgan fingerprint density at radius 2 is 2.33 bits per heavy atom. The van der Waals surface area contributed by atoms with Gasteiger partial charge in [-0.05, 0) is 18.1 Å². The topological polar surface area (TPSA) is 92.9 Å². The molecule has 0 aromatic carbocycles. The summed E-state index contributed by atoms with van der Waals surface area (Å²) in [7, 11) is 0. The first-order valence-corrected chi connectivity index (χ1v) is 6.89. The highest BCUT2D eigenvalue weighted by atomic mass is 16.3. The molecule has 0 radical (unpaired) electrons. The Labute approximate surface area is 123 Å². The number of carbonyl (C=O) groups excluding carboxylic acids is 1. The minimum Gasteiger partial charge on any atom is -0.391 e. The van der Waals surface area contributed by atoms with Gasteiger partial charge in [-0.1, -0.05) is 20.3 Å². The fourth-order valence-corrected chi connectivity index (χ4v) is 1.78. The molecule has 0 saturated heterocycles. The summed E-state index contributed by atoms with van der Waals surface area (Å²) in [6.45, 7) is 4.18. The molecule has 0 fully saturated rings. The van der Waals surface area contributed by atoms with E-state index in [2.05, 4.69) is 20.4 Å². The number of aromatic nitrogens is 4. The monoisotopic (exact) mass is 289 g/mol. The molecule has 2 rings (SSSR count). The largest absolute Gasteiger partial charge is 0.391 e. The van der Waals surface area contributed by atoms with Crippen molar-refractivity contribution in [2.24, 2.45) is 5.92 Å². The first-order chi connectivity index (χ1) is 10.1. The molecule has 2 aromatic heterocycles. The summed E-state index contributed by atoms with van der Waals surface area (Å²) in [5.41, 5.74) is 0.465. The molecule has 7 heteroatoms. The Morgan fingerprint density at radius 3 is 3.00 bits per heavy atom. The van der Waals surface area contributed by atoms with Crippen molar-refractivity contribution in [1.82, 2.24) is 25.1 Å². The second-order valence-electron chi connectivity index (χ2n) is 4.91. The molecule has 2 N–H and O–H groups in total. The van der Waals surface area contributed by atoms with Gasteiger partial charge in [0.2, 0.25) is 0 Å². The molecular weight excluding hydrogens is 270 g/mol. The van der Waals surface area contributed by atoms with E-state index in [9.17, 15) is 9.90 Å². The zero-order valence-corrected chi connectivity index (χ0v) is 12.1. The summed E-state index contributed by atoms with van der Waals surface area (Å²) in [4.78, 5) is 20.1. The van der Waals surface area contributed by atoms with Crippen LogP contribution in [0.1, 0.15) is 30.6 Å². The molecule has 2 aromatic rings. The van der Waals surface area contributed by atoms with Gasteiger partial charge in [0, 0.05) is 18.3 Å². The fourth-order valence-electron chi connectivity index (χ4n) is 1.78. The minimum absolute atomic E-state index is 0.147. The van der Waals surface area contributed by atoms with E-state index in [1.54, 1.807) is 12.1 Å². The van der Waals surface area contributed by atoms with Crippen LogP contribution in [-0.4, -0.2) is 43.4 Å². The third-order valence-electron chi connectivity index (χ3n) is 3.43. The van der Waals surface area contributed by atoms with Crippen LogP contribution in [0.3, 0.4) is 0 Å². The number of aliphatic hydroxyl groups is 1. The molecule has 0 aliphatic rings. The lowest BCUT2D eigenvalue weighted by Gasteiger charge is -2.17. The number of aliphatic hydroxyl groups excluding tert-OH is 1. The molecule has 112 valence electrons. The van der Waals surface area contributed by atoms with Gasteiger partial charge in [0.25, 0.3) is 5.91 Å². The van der Waals surface area contributed by atoms with E-state index >= 15 is 0 Å². The molecule has 2 unspecified atom stereocenters. The summed E-state index contributed by atoms with van der Waals surface area (Å²) in [6, 6.07) is 3.24. The normalized spacial score (nSPS) is 13.7. The van der Waals surface area contributed by atoms with Gasteiger partial charge < -0.3 is 10.4 Å². The Balaban J connectivity index is 2.01. The van der Waals surface area contributed by atoms with Crippen LogP contribution >= 0.6 is 0 Å². The second kappa shape index (κ2) is 6.94. The molecule has 0 aliphatic carbocycles. The smallest absolute Gasteiger partial charge is 0.251 e. The quantitative estimate of drug-likeness (QED) is 0.820. The number of rotatable bonds is 6. The zero-order valence-electron chi connectivity index (χ0n) is 12.1.